The second kappa shape index (κ2) is 10.7. The zero-order valence-corrected chi connectivity index (χ0v) is 20.0. The number of carbonyl (C=O) groups is 2. The van der Waals surface area contributed by atoms with Crippen molar-refractivity contribution >= 4 is 56.9 Å². The Bertz CT molecular complexity index is 1370. The molecule has 2 heterocycles. The van der Waals surface area contributed by atoms with Gasteiger partial charge in [-0.3, -0.25) is 11.5 Å². The SMILES string of the molecule is NC(Cn1ccc2c(Cl)c(F)ccc21)OC(=O)/C=C/C(=O)OC(N)Cn1ccc2c(Cl)c(F)ccc21. The first-order valence-electron chi connectivity index (χ1n) is 10.6. The summed E-state index contributed by atoms with van der Waals surface area (Å²) in [6.45, 7) is 0.137. The lowest BCUT2D eigenvalue weighted by Crippen LogP contribution is -2.32. The standard InChI is InChI=1S/C24H20Cl2F2N4O4/c25-23-13-7-9-31(17(13)3-1-15(23)27)11-19(29)35-21(33)5-6-22(34)36-20(30)12-32-10-8-14-18(32)4-2-16(28)24(14)26/h1-10,19-20H,11-12,29-30H2/b6-5+. The first kappa shape index (κ1) is 25.6. The molecular formula is C24H20Cl2F2N4O4. The Kier molecular flexibility index (Phi) is 7.60. The summed E-state index contributed by atoms with van der Waals surface area (Å²) in [5.41, 5.74) is 13.0. The van der Waals surface area contributed by atoms with E-state index in [2.05, 4.69) is 0 Å². The van der Waals surface area contributed by atoms with Crippen molar-refractivity contribution in [3.8, 4) is 0 Å². The van der Waals surface area contributed by atoms with E-state index >= 15 is 0 Å². The average molecular weight is 537 g/mol. The second-order valence-electron chi connectivity index (χ2n) is 7.81. The van der Waals surface area contributed by atoms with Crippen LogP contribution in [-0.2, 0) is 32.2 Å². The highest BCUT2D eigenvalue weighted by Gasteiger charge is 2.15. The summed E-state index contributed by atoms with van der Waals surface area (Å²) in [5.74, 6) is -2.84. The minimum atomic E-state index is -1.06. The van der Waals surface area contributed by atoms with Crippen molar-refractivity contribution in [2.75, 3.05) is 0 Å². The summed E-state index contributed by atoms with van der Waals surface area (Å²) in [6, 6.07) is 8.77. The van der Waals surface area contributed by atoms with Crippen LogP contribution in [-0.4, -0.2) is 33.5 Å². The van der Waals surface area contributed by atoms with Gasteiger partial charge in [-0.25, -0.2) is 18.4 Å². The average Bonchev–Trinajstić information content (AvgIpc) is 3.42. The minimum Gasteiger partial charge on any atom is -0.442 e. The molecule has 0 aliphatic rings. The molecular weight excluding hydrogens is 517 g/mol. The van der Waals surface area contributed by atoms with Crippen molar-refractivity contribution in [1.82, 2.24) is 9.13 Å². The van der Waals surface area contributed by atoms with Crippen molar-refractivity contribution in [2.24, 2.45) is 11.5 Å². The first-order chi connectivity index (χ1) is 17.1. The molecule has 0 amide bonds. The van der Waals surface area contributed by atoms with Crippen molar-refractivity contribution < 1.29 is 27.8 Å². The lowest BCUT2D eigenvalue weighted by Gasteiger charge is -2.14. The Morgan fingerprint density at radius 2 is 1.17 bits per heavy atom. The maximum Gasteiger partial charge on any atom is 0.332 e. The summed E-state index contributed by atoms with van der Waals surface area (Å²) in [7, 11) is 0. The van der Waals surface area contributed by atoms with E-state index in [4.69, 9.17) is 44.1 Å². The molecule has 4 N–H and O–H groups in total. The number of esters is 2. The van der Waals surface area contributed by atoms with Gasteiger partial charge < -0.3 is 18.6 Å². The first-order valence-corrected chi connectivity index (χ1v) is 11.4. The Morgan fingerprint density at radius 3 is 1.56 bits per heavy atom. The zero-order valence-electron chi connectivity index (χ0n) is 18.5. The van der Waals surface area contributed by atoms with Gasteiger partial charge in [0.05, 0.1) is 23.1 Å². The largest absolute Gasteiger partial charge is 0.442 e. The summed E-state index contributed by atoms with van der Waals surface area (Å²) in [5, 5.41) is 0.966. The van der Waals surface area contributed by atoms with Crippen LogP contribution in [0, 0.1) is 11.6 Å². The summed E-state index contributed by atoms with van der Waals surface area (Å²) < 4.78 is 40.7. The normalized spacial score (nSPS) is 13.4. The molecule has 2 atom stereocenters. The van der Waals surface area contributed by atoms with Crippen molar-refractivity contribution in [3.63, 3.8) is 0 Å². The van der Waals surface area contributed by atoms with Crippen LogP contribution in [0.5, 0.6) is 0 Å². The quantitative estimate of drug-likeness (QED) is 0.199. The number of carbonyl (C=O) groups excluding carboxylic acids is 2. The molecule has 36 heavy (non-hydrogen) atoms. The maximum atomic E-state index is 13.6. The van der Waals surface area contributed by atoms with Gasteiger partial charge in [0.25, 0.3) is 0 Å². The molecule has 4 rings (SSSR count). The molecule has 0 aliphatic carbocycles. The molecule has 2 aromatic carbocycles. The fourth-order valence-corrected chi connectivity index (χ4v) is 4.16. The van der Waals surface area contributed by atoms with Gasteiger partial charge in [-0.15, -0.1) is 0 Å². The van der Waals surface area contributed by atoms with Crippen molar-refractivity contribution in [1.29, 1.82) is 0 Å². The van der Waals surface area contributed by atoms with Crippen LogP contribution in [0.2, 0.25) is 10.0 Å². The van der Waals surface area contributed by atoms with E-state index in [0.29, 0.717) is 21.8 Å². The van der Waals surface area contributed by atoms with Gasteiger partial charge >= 0.3 is 11.9 Å². The highest BCUT2D eigenvalue weighted by molar-refractivity contribution is 6.36. The minimum absolute atomic E-state index is 0.0147. The number of hydrogen-bond acceptors (Lipinski definition) is 6. The van der Waals surface area contributed by atoms with Crippen LogP contribution < -0.4 is 11.5 Å². The Hall–Kier alpha value is -3.44. The highest BCUT2D eigenvalue weighted by atomic mass is 35.5. The lowest BCUT2D eigenvalue weighted by atomic mass is 10.2. The monoisotopic (exact) mass is 536 g/mol. The number of nitrogens with zero attached hydrogens (tertiary/aromatic N) is 2. The van der Waals surface area contributed by atoms with Crippen LogP contribution >= 0.6 is 23.2 Å². The fourth-order valence-electron chi connectivity index (χ4n) is 3.71. The third-order valence-corrected chi connectivity index (χ3v) is 6.09. The van der Waals surface area contributed by atoms with Gasteiger partial charge in [-0.2, -0.15) is 0 Å². The molecule has 12 heteroatoms. The maximum absolute atomic E-state index is 13.6. The number of halogens is 4. The van der Waals surface area contributed by atoms with E-state index in [1.54, 1.807) is 33.7 Å². The number of benzene rings is 2. The Balaban J connectivity index is 1.29. The molecule has 0 saturated carbocycles. The van der Waals surface area contributed by atoms with Gasteiger partial charge in [0, 0.05) is 46.4 Å². The van der Waals surface area contributed by atoms with E-state index in [9.17, 15) is 18.4 Å². The van der Waals surface area contributed by atoms with E-state index in [0.717, 1.165) is 12.2 Å². The molecule has 0 spiro atoms. The highest BCUT2D eigenvalue weighted by Crippen LogP contribution is 2.28. The summed E-state index contributed by atoms with van der Waals surface area (Å²) >= 11 is 11.9. The topological polar surface area (TPSA) is 114 Å². The lowest BCUT2D eigenvalue weighted by molar-refractivity contribution is -0.146. The number of ether oxygens (including phenoxy) is 2. The van der Waals surface area contributed by atoms with Crippen molar-refractivity contribution in [3.05, 3.63) is 82.6 Å². The molecule has 2 aromatic heterocycles. The van der Waals surface area contributed by atoms with E-state index in [1.165, 1.54) is 24.3 Å². The Labute approximate surface area is 213 Å². The predicted octanol–water partition coefficient (Wildman–Crippen LogP) is 4.09. The van der Waals surface area contributed by atoms with Crippen LogP contribution in [0.15, 0.2) is 60.9 Å². The number of hydrogen-bond donors (Lipinski definition) is 2. The fraction of sp³-hybridized carbons (Fsp3) is 0.167. The molecule has 4 aromatic rings. The van der Waals surface area contributed by atoms with Gasteiger partial charge in [-0.1, -0.05) is 23.2 Å². The third kappa shape index (κ3) is 5.52. The second-order valence-corrected chi connectivity index (χ2v) is 8.56. The van der Waals surface area contributed by atoms with Crippen LogP contribution in [0.25, 0.3) is 21.8 Å². The van der Waals surface area contributed by atoms with Gasteiger partial charge in [-0.05, 0) is 36.4 Å². The smallest absolute Gasteiger partial charge is 0.332 e. The summed E-state index contributed by atoms with van der Waals surface area (Å²) in [6.07, 6.45) is 2.88. The summed E-state index contributed by atoms with van der Waals surface area (Å²) in [4.78, 5) is 24.1. The number of aromatic nitrogens is 2. The molecule has 188 valence electrons. The van der Waals surface area contributed by atoms with E-state index in [1.807, 2.05) is 0 Å². The third-order valence-electron chi connectivity index (χ3n) is 5.32. The molecule has 0 radical (unpaired) electrons. The van der Waals surface area contributed by atoms with Gasteiger partial charge in [0.1, 0.15) is 11.6 Å². The molecule has 0 bridgehead atoms. The van der Waals surface area contributed by atoms with Crippen LogP contribution in [0.1, 0.15) is 0 Å². The molecule has 0 saturated heterocycles. The van der Waals surface area contributed by atoms with Gasteiger partial charge in [0.15, 0.2) is 12.5 Å². The molecule has 2 unspecified atom stereocenters. The Morgan fingerprint density at radius 1 is 0.778 bits per heavy atom. The zero-order chi connectivity index (χ0) is 26.0. The molecule has 0 aliphatic heterocycles. The number of rotatable bonds is 8. The van der Waals surface area contributed by atoms with Gasteiger partial charge in [0.2, 0.25) is 0 Å². The molecule has 8 nitrogen and oxygen atoms in total. The number of nitrogens with two attached hydrogens (primary N) is 2. The molecule has 0 fully saturated rings. The number of fused-ring (bicyclic) bond motifs is 2. The van der Waals surface area contributed by atoms with Crippen LogP contribution in [0.3, 0.4) is 0 Å². The van der Waals surface area contributed by atoms with Crippen LogP contribution in [0.4, 0.5) is 8.78 Å². The van der Waals surface area contributed by atoms with E-state index in [-0.39, 0.29) is 23.1 Å². The van der Waals surface area contributed by atoms with E-state index < -0.39 is 36.0 Å². The van der Waals surface area contributed by atoms with Crippen molar-refractivity contribution in [2.45, 2.75) is 25.5 Å². The predicted molar refractivity (Wildman–Crippen MR) is 131 cm³/mol.